The van der Waals surface area contributed by atoms with Gasteiger partial charge in [-0.1, -0.05) is 0 Å². The molecule has 0 aliphatic carbocycles. The molecular weight excluding hydrogens is 308 g/mol. The van der Waals surface area contributed by atoms with Crippen LogP contribution in [0.25, 0.3) is 0 Å². The Morgan fingerprint density at radius 2 is 2.17 bits per heavy atom. The first-order valence-electron chi connectivity index (χ1n) is 7.71. The fourth-order valence-corrected chi connectivity index (χ4v) is 3.84. The third-order valence-electron chi connectivity index (χ3n) is 4.11. The molecule has 1 fully saturated rings. The molecule has 0 unspecified atom stereocenters. The molecular formula is C17H18N4OS. The summed E-state index contributed by atoms with van der Waals surface area (Å²) < 4.78 is 0. The molecule has 1 saturated heterocycles. The van der Waals surface area contributed by atoms with Crippen molar-refractivity contribution < 1.29 is 4.79 Å². The van der Waals surface area contributed by atoms with Gasteiger partial charge in [0.15, 0.2) is 0 Å². The molecule has 1 atom stereocenters. The number of hydrogen-bond acceptors (Lipinski definition) is 5. The molecule has 2 aromatic heterocycles. The minimum atomic E-state index is -0.0739. The highest BCUT2D eigenvalue weighted by atomic mass is 32.1. The number of aromatic nitrogens is 2. The Bertz CT molecular complexity index is 777. The summed E-state index contributed by atoms with van der Waals surface area (Å²) in [6.45, 7) is 4.45. The molecule has 0 radical (unpaired) electrons. The van der Waals surface area contributed by atoms with E-state index in [0.717, 1.165) is 36.5 Å². The monoisotopic (exact) mass is 326 g/mol. The predicted octanol–water partition coefficient (Wildman–Crippen LogP) is 3.39. The van der Waals surface area contributed by atoms with Gasteiger partial charge in [-0.25, -0.2) is 9.97 Å². The molecule has 1 aliphatic rings. The van der Waals surface area contributed by atoms with Gasteiger partial charge in [0.1, 0.15) is 16.8 Å². The van der Waals surface area contributed by atoms with Crippen LogP contribution in [0, 0.1) is 25.2 Å². The second-order valence-electron chi connectivity index (χ2n) is 5.78. The molecule has 23 heavy (non-hydrogen) atoms. The quantitative estimate of drug-likeness (QED) is 0.848. The third-order valence-corrected chi connectivity index (χ3v) is 5.17. The topological polar surface area (TPSA) is 69.9 Å². The summed E-state index contributed by atoms with van der Waals surface area (Å²) >= 11 is 1.61. The van der Waals surface area contributed by atoms with E-state index in [4.69, 9.17) is 5.26 Å². The van der Waals surface area contributed by atoms with Crippen molar-refractivity contribution in [2.24, 2.45) is 0 Å². The number of aryl methyl sites for hydroxylation is 2. The van der Waals surface area contributed by atoms with E-state index in [9.17, 15) is 4.79 Å². The Labute approximate surface area is 139 Å². The summed E-state index contributed by atoms with van der Waals surface area (Å²) in [7, 11) is 0. The molecule has 0 aromatic carbocycles. The van der Waals surface area contributed by atoms with E-state index in [1.807, 2.05) is 17.2 Å². The molecule has 3 rings (SSSR count). The number of rotatable bonds is 2. The minimum Gasteiger partial charge on any atom is -0.328 e. The van der Waals surface area contributed by atoms with Crippen molar-refractivity contribution in [3.05, 3.63) is 45.2 Å². The molecule has 3 heterocycles. The summed E-state index contributed by atoms with van der Waals surface area (Å²) in [6, 6.07) is 5.43. The molecule has 5 nitrogen and oxygen atoms in total. The van der Waals surface area contributed by atoms with Gasteiger partial charge in [-0.15, -0.1) is 11.3 Å². The van der Waals surface area contributed by atoms with E-state index in [1.165, 1.54) is 0 Å². The molecule has 0 spiro atoms. The smallest absolute Gasteiger partial charge is 0.273 e. The van der Waals surface area contributed by atoms with Crippen LogP contribution in [-0.2, 0) is 0 Å². The molecule has 118 valence electrons. The van der Waals surface area contributed by atoms with Gasteiger partial charge in [0.05, 0.1) is 17.3 Å². The van der Waals surface area contributed by atoms with Crippen LogP contribution < -0.4 is 0 Å². The maximum absolute atomic E-state index is 12.9. The number of thiazole rings is 1. The van der Waals surface area contributed by atoms with Gasteiger partial charge in [0.2, 0.25) is 0 Å². The van der Waals surface area contributed by atoms with Crippen molar-refractivity contribution in [3.8, 4) is 6.07 Å². The SMILES string of the molecule is Cc1csc([C@H]2CCCCN2C(=O)c2ccc(C#N)c(C)n2)n1. The van der Waals surface area contributed by atoms with Gasteiger partial charge in [-0.3, -0.25) is 4.79 Å². The van der Waals surface area contributed by atoms with Crippen LogP contribution in [0.5, 0.6) is 0 Å². The fourth-order valence-electron chi connectivity index (χ4n) is 2.90. The lowest BCUT2D eigenvalue weighted by molar-refractivity contribution is 0.0604. The molecule has 0 N–H and O–H groups in total. The van der Waals surface area contributed by atoms with E-state index >= 15 is 0 Å². The number of hydrogen-bond donors (Lipinski definition) is 0. The summed E-state index contributed by atoms with van der Waals surface area (Å²) in [5.74, 6) is -0.0739. The average Bonchev–Trinajstić information content (AvgIpc) is 3.00. The van der Waals surface area contributed by atoms with Gasteiger partial charge in [-0.05, 0) is 45.2 Å². The number of piperidine rings is 1. The van der Waals surface area contributed by atoms with E-state index in [-0.39, 0.29) is 11.9 Å². The van der Waals surface area contributed by atoms with Crippen LogP contribution >= 0.6 is 11.3 Å². The highest BCUT2D eigenvalue weighted by Crippen LogP contribution is 2.33. The van der Waals surface area contributed by atoms with Crippen LogP contribution in [-0.4, -0.2) is 27.3 Å². The van der Waals surface area contributed by atoms with E-state index in [1.54, 1.807) is 30.4 Å². The van der Waals surface area contributed by atoms with E-state index < -0.39 is 0 Å². The van der Waals surface area contributed by atoms with Crippen molar-refractivity contribution in [2.45, 2.75) is 39.2 Å². The third kappa shape index (κ3) is 3.10. The van der Waals surface area contributed by atoms with Crippen molar-refractivity contribution in [2.75, 3.05) is 6.54 Å². The Kier molecular flexibility index (Phi) is 4.39. The number of nitriles is 1. The largest absolute Gasteiger partial charge is 0.328 e. The summed E-state index contributed by atoms with van der Waals surface area (Å²) in [6.07, 6.45) is 3.04. The molecule has 1 amide bonds. The van der Waals surface area contributed by atoms with Gasteiger partial charge < -0.3 is 4.90 Å². The second kappa shape index (κ2) is 6.47. The van der Waals surface area contributed by atoms with Crippen molar-refractivity contribution in [1.29, 1.82) is 5.26 Å². The van der Waals surface area contributed by atoms with E-state index in [2.05, 4.69) is 16.0 Å². The van der Waals surface area contributed by atoms with E-state index in [0.29, 0.717) is 17.0 Å². The Morgan fingerprint density at radius 3 is 2.83 bits per heavy atom. The minimum absolute atomic E-state index is 0.0349. The number of carbonyl (C=O) groups excluding carboxylic acids is 1. The number of pyridine rings is 1. The number of amides is 1. The zero-order chi connectivity index (χ0) is 16.4. The number of nitrogens with zero attached hydrogens (tertiary/aromatic N) is 4. The summed E-state index contributed by atoms with van der Waals surface area (Å²) in [4.78, 5) is 23.7. The molecule has 6 heteroatoms. The molecule has 0 bridgehead atoms. The van der Waals surface area contributed by atoms with Crippen molar-refractivity contribution >= 4 is 17.2 Å². The fraction of sp³-hybridized carbons (Fsp3) is 0.412. The lowest BCUT2D eigenvalue weighted by atomic mass is 10.0. The van der Waals surface area contributed by atoms with Crippen molar-refractivity contribution in [3.63, 3.8) is 0 Å². The summed E-state index contributed by atoms with van der Waals surface area (Å²) in [5, 5.41) is 12.0. The van der Waals surface area contributed by atoms with Crippen LogP contribution in [0.3, 0.4) is 0 Å². The Morgan fingerprint density at radius 1 is 1.35 bits per heavy atom. The lowest BCUT2D eigenvalue weighted by Gasteiger charge is -2.34. The van der Waals surface area contributed by atoms with Crippen LogP contribution in [0.15, 0.2) is 17.5 Å². The molecule has 1 aliphatic heterocycles. The van der Waals surface area contributed by atoms with Crippen LogP contribution in [0.1, 0.15) is 57.8 Å². The zero-order valence-electron chi connectivity index (χ0n) is 13.2. The zero-order valence-corrected chi connectivity index (χ0v) is 14.1. The van der Waals surface area contributed by atoms with Gasteiger partial charge in [0, 0.05) is 17.6 Å². The molecule has 0 saturated carbocycles. The maximum Gasteiger partial charge on any atom is 0.273 e. The lowest BCUT2D eigenvalue weighted by Crippen LogP contribution is -2.39. The average molecular weight is 326 g/mol. The second-order valence-corrected chi connectivity index (χ2v) is 6.67. The first kappa shape index (κ1) is 15.6. The molecule has 2 aromatic rings. The van der Waals surface area contributed by atoms with Gasteiger partial charge in [-0.2, -0.15) is 5.26 Å². The predicted molar refractivity (Wildman–Crippen MR) is 88.2 cm³/mol. The highest BCUT2D eigenvalue weighted by molar-refractivity contribution is 7.09. The van der Waals surface area contributed by atoms with Crippen molar-refractivity contribution in [1.82, 2.24) is 14.9 Å². The first-order valence-corrected chi connectivity index (χ1v) is 8.59. The Hall–Kier alpha value is -2.26. The summed E-state index contributed by atoms with van der Waals surface area (Å²) in [5.41, 5.74) is 2.50. The van der Waals surface area contributed by atoms with Crippen LogP contribution in [0.2, 0.25) is 0 Å². The first-order chi connectivity index (χ1) is 11.1. The van der Waals surface area contributed by atoms with Crippen LogP contribution in [0.4, 0.5) is 0 Å². The maximum atomic E-state index is 12.9. The van der Waals surface area contributed by atoms with Gasteiger partial charge >= 0.3 is 0 Å². The normalized spacial score (nSPS) is 17.8. The number of likely N-dealkylation sites (tertiary alicyclic amines) is 1. The Balaban J connectivity index is 1.90. The van der Waals surface area contributed by atoms with Gasteiger partial charge in [0.25, 0.3) is 5.91 Å². The number of carbonyl (C=O) groups is 1. The standard InChI is InChI=1S/C17H18N4OS/c1-11-10-23-16(19-11)15-5-3-4-8-21(15)17(22)14-7-6-13(9-18)12(2)20-14/h6-7,10,15H,3-5,8H2,1-2H3/t15-/m1/s1. The highest BCUT2D eigenvalue weighted by Gasteiger charge is 2.31.